The van der Waals surface area contributed by atoms with Gasteiger partial charge >= 0.3 is 0 Å². The van der Waals surface area contributed by atoms with Gasteiger partial charge in [-0.15, -0.1) is 5.73 Å². The molecule has 2 N–H and O–H groups in total. The summed E-state index contributed by atoms with van der Waals surface area (Å²) in [6.45, 7) is 0. The molecule has 8 heavy (non-hydrogen) atoms. The fourth-order valence-corrected chi connectivity index (χ4v) is 0.409. The highest BCUT2D eigenvalue weighted by atomic mass is 14.9. The standard InChI is InChI=1S/C5H5N3/c6-4-2-1-3-8-5(4)7/h1-3H,(H2,7,8). The molecule has 0 fully saturated rings. The molecule has 1 aromatic rings. The topological polar surface area (TPSA) is 61.2 Å². The van der Waals surface area contributed by atoms with Gasteiger partial charge in [0, 0.05) is 6.20 Å². The van der Waals surface area contributed by atoms with E-state index in [1.807, 2.05) is 0 Å². The monoisotopic (exact) mass is 107 g/mol. The number of rotatable bonds is 0. The van der Waals surface area contributed by atoms with E-state index in [1.165, 1.54) is 12.3 Å². The van der Waals surface area contributed by atoms with Crippen LogP contribution in [0.1, 0.15) is 0 Å². The van der Waals surface area contributed by atoms with Gasteiger partial charge in [-0.25, -0.2) is 4.98 Å². The lowest BCUT2D eigenvalue weighted by Gasteiger charge is -1.89. The molecular weight excluding hydrogens is 102 g/mol. The third kappa shape index (κ3) is 0.703. The molecule has 0 aliphatic rings. The summed E-state index contributed by atoms with van der Waals surface area (Å²) >= 11 is 0. The normalized spacial score (nSPS) is 9.00. The first kappa shape index (κ1) is 4.90. The van der Waals surface area contributed by atoms with Crippen molar-refractivity contribution in [1.29, 1.82) is 0 Å². The van der Waals surface area contributed by atoms with E-state index in [1.54, 1.807) is 6.07 Å². The molecule has 0 saturated heterocycles. The Morgan fingerprint density at radius 1 is 1.62 bits per heavy atom. The van der Waals surface area contributed by atoms with Gasteiger partial charge in [0.15, 0.2) is 5.82 Å². The van der Waals surface area contributed by atoms with Crippen molar-refractivity contribution in [2.45, 2.75) is 0 Å². The Balaban J connectivity index is 3.13. The number of nitrogens with two attached hydrogens (primary N) is 1. The zero-order valence-corrected chi connectivity index (χ0v) is 4.20. The molecule has 1 aromatic heterocycles. The van der Waals surface area contributed by atoms with E-state index in [0.717, 1.165) is 0 Å². The SMILES string of the molecule is [N]c1cccnc1N. The summed E-state index contributed by atoms with van der Waals surface area (Å²) in [5, 5.41) is 0. The highest BCUT2D eigenvalue weighted by Crippen LogP contribution is 2.08. The van der Waals surface area contributed by atoms with Crippen molar-refractivity contribution >= 4 is 11.5 Å². The second kappa shape index (κ2) is 1.69. The van der Waals surface area contributed by atoms with Crippen LogP contribution in [-0.4, -0.2) is 4.98 Å². The average molecular weight is 107 g/mol. The molecule has 0 atom stereocenters. The van der Waals surface area contributed by atoms with E-state index in [0.29, 0.717) is 0 Å². The van der Waals surface area contributed by atoms with Crippen LogP contribution >= 0.6 is 0 Å². The predicted molar refractivity (Wildman–Crippen MR) is 30.4 cm³/mol. The van der Waals surface area contributed by atoms with Crippen LogP contribution in [0.3, 0.4) is 0 Å². The smallest absolute Gasteiger partial charge is 0.151 e. The van der Waals surface area contributed by atoms with E-state index >= 15 is 0 Å². The van der Waals surface area contributed by atoms with Crippen LogP contribution in [0.4, 0.5) is 11.5 Å². The Morgan fingerprint density at radius 3 is 2.75 bits per heavy atom. The van der Waals surface area contributed by atoms with Crippen molar-refractivity contribution in [2.75, 3.05) is 5.73 Å². The maximum atomic E-state index is 8.73. The maximum Gasteiger partial charge on any atom is 0.151 e. The zero-order valence-electron chi connectivity index (χ0n) is 4.20. The van der Waals surface area contributed by atoms with Crippen molar-refractivity contribution < 1.29 is 0 Å². The first-order chi connectivity index (χ1) is 3.80. The highest BCUT2D eigenvalue weighted by molar-refractivity contribution is 5.53. The van der Waals surface area contributed by atoms with E-state index in [4.69, 9.17) is 11.5 Å². The molecule has 2 radical (unpaired) electrons. The molecular formula is C5H5N3. The summed E-state index contributed by atoms with van der Waals surface area (Å²) in [6, 6.07) is 3.11. The molecule has 0 aliphatic heterocycles. The number of anilines is 1. The summed E-state index contributed by atoms with van der Waals surface area (Å²) in [5.74, 6) is 0.174. The lowest BCUT2D eigenvalue weighted by Crippen LogP contribution is -1.89. The van der Waals surface area contributed by atoms with Gasteiger partial charge in [0.2, 0.25) is 0 Å². The van der Waals surface area contributed by atoms with Gasteiger partial charge in [-0.2, -0.15) is 0 Å². The summed E-state index contributed by atoms with van der Waals surface area (Å²) in [4.78, 5) is 3.61. The number of pyridine rings is 1. The minimum atomic E-state index is 0.0347. The predicted octanol–water partition coefficient (Wildman–Crippen LogP) is 0.364. The highest BCUT2D eigenvalue weighted by Gasteiger charge is 1.90. The van der Waals surface area contributed by atoms with E-state index in [9.17, 15) is 0 Å². The molecule has 3 nitrogen and oxygen atoms in total. The van der Waals surface area contributed by atoms with E-state index in [2.05, 4.69) is 4.98 Å². The van der Waals surface area contributed by atoms with Gasteiger partial charge in [-0.05, 0) is 12.1 Å². The molecule has 40 valence electrons. The van der Waals surface area contributed by atoms with Crippen LogP contribution in [0.2, 0.25) is 0 Å². The average Bonchev–Trinajstić information content (AvgIpc) is 1.77. The van der Waals surface area contributed by atoms with Gasteiger partial charge < -0.3 is 5.73 Å². The molecule has 0 aromatic carbocycles. The Kier molecular flexibility index (Phi) is 1.04. The maximum absolute atomic E-state index is 8.73. The van der Waals surface area contributed by atoms with Gasteiger partial charge in [-0.1, -0.05) is 0 Å². The van der Waals surface area contributed by atoms with Crippen LogP contribution in [0.15, 0.2) is 18.3 Å². The number of nitrogens with zero attached hydrogens (tertiary/aromatic N) is 2. The van der Waals surface area contributed by atoms with Crippen LogP contribution < -0.4 is 11.5 Å². The zero-order chi connectivity index (χ0) is 5.98. The van der Waals surface area contributed by atoms with Gasteiger partial charge in [-0.3, -0.25) is 0 Å². The van der Waals surface area contributed by atoms with Gasteiger partial charge in [0.25, 0.3) is 0 Å². The molecule has 0 saturated carbocycles. The lowest BCUT2D eigenvalue weighted by atomic mass is 10.4. The van der Waals surface area contributed by atoms with Crippen LogP contribution in [0.5, 0.6) is 0 Å². The fourth-order valence-electron chi connectivity index (χ4n) is 0.409. The molecule has 0 spiro atoms. The lowest BCUT2D eigenvalue weighted by molar-refractivity contribution is 1.30. The summed E-state index contributed by atoms with van der Waals surface area (Å²) in [6.07, 6.45) is 1.52. The summed E-state index contributed by atoms with van der Waals surface area (Å²) in [5.41, 5.74) is 13.9. The number of nitrogen functional groups attached to an aromatic ring is 1. The van der Waals surface area contributed by atoms with Crippen molar-refractivity contribution in [2.24, 2.45) is 0 Å². The first-order valence-corrected chi connectivity index (χ1v) is 2.20. The van der Waals surface area contributed by atoms with Crippen molar-refractivity contribution in [3.05, 3.63) is 18.3 Å². The van der Waals surface area contributed by atoms with Gasteiger partial charge in [0.05, 0.1) is 0 Å². The molecule has 1 heterocycles. The Bertz CT molecular complexity index is 164. The van der Waals surface area contributed by atoms with Gasteiger partial charge in [0.1, 0.15) is 5.69 Å². The van der Waals surface area contributed by atoms with Crippen molar-refractivity contribution in [3.8, 4) is 0 Å². The number of hydrogen-bond acceptors (Lipinski definition) is 2. The third-order valence-corrected chi connectivity index (χ3v) is 0.816. The summed E-state index contributed by atoms with van der Waals surface area (Å²) < 4.78 is 0. The second-order valence-corrected chi connectivity index (χ2v) is 1.41. The Morgan fingerprint density at radius 2 is 2.38 bits per heavy atom. The molecule has 0 bridgehead atoms. The van der Waals surface area contributed by atoms with Crippen LogP contribution in [0.25, 0.3) is 0 Å². The molecule has 3 heteroatoms. The molecule has 0 aliphatic carbocycles. The number of hydrogen-bond donors (Lipinski definition) is 1. The number of aromatic nitrogens is 1. The van der Waals surface area contributed by atoms with Crippen molar-refractivity contribution in [1.82, 2.24) is 10.7 Å². The van der Waals surface area contributed by atoms with E-state index in [-0.39, 0.29) is 11.5 Å². The third-order valence-electron chi connectivity index (χ3n) is 0.816. The minimum Gasteiger partial charge on any atom is -0.382 e. The quantitative estimate of drug-likeness (QED) is 0.520. The molecule has 0 unspecified atom stereocenters. The Labute approximate surface area is 47.3 Å². The summed E-state index contributed by atoms with van der Waals surface area (Å²) in [7, 11) is 0. The second-order valence-electron chi connectivity index (χ2n) is 1.41. The minimum absolute atomic E-state index is 0.0347. The van der Waals surface area contributed by atoms with Crippen LogP contribution in [0, 0.1) is 0 Å². The first-order valence-electron chi connectivity index (χ1n) is 2.20. The van der Waals surface area contributed by atoms with Crippen LogP contribution in [-0.2, 0) is 0 Å². The van der Waals surface area contributed by atoms with E-state index < -0.39 is 0 Å². The van der Waals surface area contributed by atoms with Crippen molar-refractivity contribution in [3.63, 3.8) is 0 Å². The Hall–Kier alpha value is -1.25. The molecule has 1 rings (SSSR count). The fraction of sp³-hybridized carbons (Fsp3) is 0. The molecule has 0 amide bonds. The largest absolute Gasteiger partial charge is 0.382 e.